The van der Waals surface area contributed by atoms with Crippen molar-refractivity contribution in [3.05, 3.63) is 30.3 Å². The highest BCUT2D eigenvalue weighted by Crippen LogP contribution is 2.25. The molecule has 0 aromatic heterocycles. The van der Waals surface area contributed by atoms with E-state index < -0.39 is 5.92 Å². The number of hydrogen-bond acceptors (Lipinski definition) is 3. The van der Waals surface area contributed by atoms with Gasteiger partial charge in [0.15, 0.2) is 5.78 Å². The highest BCUT2D eigenvalue weighted by atomic mass is 16.2. The molecule has 18 heavy (non-hydrogen) atoms. The van der Waals surface area contributed by atoms with Crippen LogP contribution in [0.3, 0.4) is 0 Å². The Kier molecular flexibility index (Phi) is 3.73. The smallest absolute Gasteiger partial charge is 0.237 e. The summed E-state index contributed by atoms with van der Waals surface area (Å²) in [5.41, 5.74) is 0.817. The van der Waals surface area contributed by atoms with Crippen LogP contribution in [0.25, 0.3) is 0 Å². The molecule has 1 aliphatic heterocycles. The molecule has 1 fully saturated rings. The van der Waals surface area contributed by atoms with Gasteiger partial charge in [-0.25, -0.2) is 0 Å². The third-order valence-corrected chi connectivity index (χ3v) is 3.15. The van der Waals surface area contributed by atoms with Crippen LogP contribution in [0.5, 0.6) is 0 Å². The van der Waals surface area contributed by atoms with Crippen molar-refractivity contribution < 1.29 is 9.59 Å². The first-order chi connectivity index (χ1) is 8.74. The Hall–Kier alpha value is -2.15. The van der Waals surface area contributed by atoms with Crippen LogP contribution >= 0.6 is 0 Å². The van der Waals surface area contributed by atoms with Gasteiger partial charge < -0.3 is 4.90 Å². The minimum absolute atomic E-state index is 0.173. The topological polar surface area (TPSA) is 61.2 Å². The highest BCUT2D eigenvalue weighted by Gasteiger charge is 2.34. The maximum Gasteiger partial charge on any atom is 0.237 e. The van der Waals surface area contributed by atoms with Gasteiger partial charge in [-0.05, 0) is 25.0 Å². The lowest BCUT2D eigenvalue weighted by molar-refractivity contribution is -0.133. The summed E-state index contributed by atoms with van der Waals surface area (Å²) >= 11 is 0. The number of amides is 1. The SMILES string of the molecule is N#CCC(=O)[C@@H]1CCCN(c2ccccc2)C1=O. The summed E-state index contributed by atoms with van der Waals surface area (Å²) in [6, 6.07) is 11.1. The largest absolute Gasteiger partial charge is 0.312 e. The van der Waals surface area contributed by atoms with Crippen LogP contribution < -0.4 is 4.90 Å². The number of carbonyl (C=O) groups excluding carboxylic acids is 2. The number of carbonyl (C=O) groups is 2. The Labute approximate surface area is 106 Å². The van der Waals surface area contributed by atoms with E-state index in [4.69, 9.17) is 5.26 Å². The second-order valence-electron chi connectivity index (χ2n) is 4.32. The predicted molar refractivity (Wildman–Crippen MR) is 66.8 cm³/mol. The van der Waals surface area contributed by atoms with Crippen LogP contribution in [-0.4, -0.2) is 18.2 Å². The Morgan fingerprint density at radius 2 is 2.11 bits per heavy atom. The number of nitrogens with zero attached hydrogens (tertiary/aromatic N) is 2. The number of benzene rings is 1. The zero-order chi connectivity index (χ0) is 13.0. The van der Waals surface area contributed by atoms with Crippen molar-refractivity contribution in [1.29, 1.82) is 5.26 Å². The molecule has 0 unspecified atom stereocenters. The van der Waals surface area contributed by atoms with Gasteiger partial charge in [0.25, 0.3) is 0 Å². The standard InChI is InChI=1S/C14H14N2O2/c15-9-8-13(17)12-7-4-10-16(14(12)18)11-5-2-1-3-6-11/h1-3,5-6,12H,4,7-8,10H2/t12-/m0/s1. The Balaban J connectivity index is 2.18. The molecule has 1 saturated heterocycles. The number of anilines is 1. The molecule has 1 aromatic rings. The van der Waals surface area contributed by atoms with Gasteiger partial charge in [0.2, 0.25) is 5.91 Å². The monoisotopic (exact) mass is 242 g/mol. The molecule has 0 aliphatic carbocycles. The third-order valence-electron chi connectivity index (χ3n) is 3.15. The summed E-state index contributed by atoms with van der Waals surface area (Å²) < 4.78 is 0. The van der Waals surface area contributed by atoms with Crippen molar-refractivity contribution in [2.75, 3.05) is 11.4 Å². The summed E-state index contributed by atoms with van der Waals surface area (Å²) in [5, 5.41) is 8.54. The normalized spacial score (nSPS) is 19.4. The summed E-state index contributed by atoms with van der Waals surface area (Å²) in [6.07, 6.45) is 1.17. The van der Waals surface area contributed by atoms with Crippen molar-refractivity contribution in [2.45, 2.75) is 19.3 Å². The fraction of sp³-hybridized carbons (Fsp3) is 0.357. The molecule has 0 bridgehead atoms. The molecule has 0 saturated carbocycles. The molecule has 0 spiro atoms. The maximum absolute atomic E-state index is 12.2. The van der Waals surface area contributed by atoms with E-state index in [0.29, 0.717) is 13.0 Å². The van der Waals surface area contributed by atoms with Gasteiger partial charge in [-0.15, -0.1) is 0 Å². The van der Waals surface area contributed by atoms with Gasteiger partial charge >= 0.3 is 0 Å². The molecular formula is C14H14N2O2. The van der Waals surface area contributed by atoms with Gasteiger partial charge in [0.05, 0.1) is 18.4 Å². The van der Waals surface area contributed by atoms with Crippen molar-refractivity contribution in [2.24, 2.45) is 5.92 Å². The first kappa shape index (κ1) is 12.3. The first-order valence-electron chi connectivity index (χ1n) is 6.00. The number of rotatable bonds is 3. The molecule has 92 valence electrons. The van der Waals surface area contributed by atoms with Gasteiger partial charge in [0, 0.05) is 12.2 Å². The number of Topliss-reactive ketones (excluding diaryl/α,β-unsaturated/α-hetero) is 1. The molecule has 2 rings (SSSR count). The van der Waals surface area contributed by atoms with Gasteiger partial charge in [-0.2, -0.15) is 5.26 Å². The Morgan fingerprint density at radius 1 is 1.39 bits per heavy atom. The lowest BCUT2D eigenvalue weighted by atomic mass is 9.91. The fourth-order valence-electron chi connectivity index (χ4n) is 2.24. The first-order valence-corrected chi connectivity index (χ1v) is 6.00. The van der Waals surface area contributed by atoms with Crippen molar-refractivity contribution in [3.8, 4) is 6.07 Å². The lowest BCUT2D eigenvalue weighted by Gasteiger charge is -2.31. The molecule has 4 nitrogen and oxygen atoms in total. The van der Waals surface area contributed by atoms with Gasteiger partial charge in [-0.3, -0.25) is 9.59 Å². The minimum atomic E-state index is -0.640. The summed E-state index contributed by atoms with van der Waals surface area (Å²) in [5.74, 6) is -1.07. The van der Waals surface area contributed by atoms with Crippen LogP contribution in [-0.2, 0) is 9.59 Å². The summed E-state index contributed by atoms with van der Waals surface area (Å²) in [7, 11) is 0. The molecule has 4 heteroatoms. The van der Waals surface area contributed by atoms with Crippen molar-refractivity contribution in [3.63, 3.8) is 0 Å². The van der Waals surface area contributed by atoms with Crippen molar-refractivity contribution in [1.82, 2.24) is 0 Å². The number of hydrogen-bond donors (Lipinski definition) is 0. The van der Waals surface area contributed by atoms with E-state index in [0.717, 1.165) is 12.1 Å². The molecule has 1 atom stereocenters. The second kappa shape index (κ2) is 5.46. The summed E-state index contributed by atoms with van der Waals surface area (Å²) in [4.78, 5) is 25.6. The van der Waals surface area contributed by atoms with Gasteiger partial charge in [-0.1, -0.05) is 18.2 Å². The molecule has 1 amide bonds. The van der Waals surface area contributed by atoms with Crippen LogP contribution in [0.1, 0.15) is 19.3 Å². The van der Waals surface area contributed by atoms with E-state index in [9.17, 15) is 9.59 Å². The lowest BCUT2D eigenvalue weighted by Crippen LogP contribution is -2.44. The molecule has 1 aromatic carbocycles. The van der Waals surface area contributed by atoms with E-state index in [1.165, 1.54) is 0 Å². The quantitative estimate of drug-likeness (QED) is 0.761. The van der Waals surface area contributed by atoms with Crippen molar-refractivity contribution >= 4 is 17.4 Å². The minimum Gasteiger partial charge on any atom is -0.312 e. The molecule has 0 radical (unpaired) electrons. The highest BCUT2D eigenvalue weighted by molar-refractivity contribution is 6.09. The maximum atomic E-state index is 12.2. The van der Waals surface area contributed by atoms with E-state index in [1.54, 1.807) is 4.90 Å². The van der Waals surface area contributed by atoms with Crippen LogP contribution in [0, 0.1) is 17.2 Å². The van der Waals surface area contributed by atoms with E-state index in [-0.39, 0.29) is 18.1 Å². The van der Waals surface area contributed by atoms with Crippen LogP contribution in [0.4, 0.5) is 5.69 Å². The zero-order valence-corrected chi connectivity index (χ0v) is 10.0. The van der Waals surface area contributed by atoms with E-state index >= 15 is 0 Å². The number of para-hydroxylation sites is 1. The van der Waals surface area contributed by atoms with Crippen LogP contribution in [0.15, 0.2) is 30.3 Å². The second-order valence-corrected chi connectivity index (χ2v) is 4.32. The molecule has 1 heterocycles. The number of piperidine rings is 1. The number of ketones is 1. The zero-order valence-electron chi connectivity index (χ0n) is 10.0. The molecular weight excluding hydrogens is 228 g/mol. The Morgan fingerprint density at radius 3 is 2.78 bits per heavy atom. The fourth-order valence-corrected chi connectivity index (χ4v) is 2.24. The van der Waals surface area contributed by atoms with E-state index in [1.807, 2.05) is 36.4 Å². The molecule has 1 aliphatic rings. The van der Waals surface area contributed by atoms with E-state index in [2.05, 4.69) is 0 Å². The average molecular weight is 242 g/mol. The molecule has 0 N–H and O–H groups in total. The van der Waals surface area contributed by atoms with Crippen LogP contribution in [0.2, 0.25) is 0 Å². The number of nitriles is 1. The van der Waals surface area contributed by atoms with Gasteiger partial charge in [0.1, 0.15) is 0 Å². The average Bonchev–Trinajstić information content (AvgIpc) is 2.40. The third kappa shape index (κ3) is 2.40. The predicted octanol–water partition coefficient (Wildman–Crippen LogP) is 1.91. The summed E-state index contributed by atoms with van der Waals surface area (Å²) in [6.45, 7) is 0.638. The Bertz CT molecular complexity index is 490.